The third-order valence-corrected chi connectivity index (χ3v) is 18.7. The van der Waals surface area contributed by atoms with Gasteiger partial charge in [-0.15, -0.1) is 0 Å². The van der Waals surface area contributed by atoms with E-state index in [2.05, 4.69) is 74.3 Å². The van der Waals surface area contributed by atoms with Gasteiger partial charge in [-0.2, -0.15) is 0 Å². The van der Waals surface area contributed by atoms with E-state index < -0.39 is 84.6 Å². The predicted molar refractivity (Wildman–Crippen MR) is 328 cm³/mol. The summed E-state index contributed by atoms with van der Waals surface area (Å²) in [6.45, 7) is 50.9. The van der Waals surface area contributed by atoms with Gasteiger partial charge in [-0.05, 0) is 134 Å². The lowest BCUT2D eigenvalue weighted by molar-refractivity contribution is -0.929. The molecule has 452 valence electrons. The lowest BCUT2D eigenvalue weighted by Crippen LogP contribution is -3.00. The molecule has 0 unspecified atom stereocenters. The second-order valence-corrected chi connectivity index (χ2v) is 31.9. The minimum atomic E-state index is -1.53. The normalized spacial score (nSPS) is 13.7. The van der Waals surface area contributed by atoms with Gasteiger partial charge < -0.3 is 33.8 Å². The molecule has 0 bridgehead atoms. The van der Waals surface area contributed by atoms with Crippen molar-refractivity contribution in [3.63, 3.8) is 0 Å². The summed E-state index contributed by atoms with van der Waals surface area (Å²) in [5.41, 5.74) is -3.18. The molecule has 2 rings (SSSR count). The molecular weight excluding hydrogens is 1080 g/mol. The molecule has 0 saturated heterocycles. The van der Waals surface area contributed by atoms with Crippen molar-refractivity contribution in [3.05, 3.63) is 40.9 Å². The Morgan fingerprint density at radius 3 is 0.500 bits per heavy atom. The Morgan fingerprint density at radius 1 is 0.289 bits per heavy atom. The van der Waals surface area contributed by atoms with Crippen molar-refractivity contribution in [3.8, 4) is 0 Å². The van der Waals surface area contributed by atoms with Crippen LogP contribution in [0.15, 0.2) is 19.2 Å². The van der Waals surface area contributed by atoms with Crippen LogP contribution in [0.3, 0.4) is 0 Å². The van der Waals surface area contributed by atoms with Gasteiger partial charge in [0.2, 0.25) is 0 Å². The Labute approximate surface area is 486 Å². The summed E-state index contributed by atoms with van der Waals surface area (Å²) in [6, 6.07) is 0. The summed E-state index contributed by atoms with van der Waals surface area (Å²) >= 11 is 0. The van der Waals surface area contributed by atoms with Crippen molar-refractivity contribution in [1.82, 2.24) is 0 Å². The second kappa shape index (κ2) is 39.8. The van der Waals surface area contributed by atoms with Gasteiger partial charge in [0, 0.05) is 0 Å². The maximum absolute atomic E-state index is 11.9. The Hall–Kier alpha value is -1.54. The fourth-order valence-electron chi connectivity index (χ4n) is 7.45. The molecule has 0 aliphatic carbocycles. The lowest BCUT2D eigenvalue weighted by atomic mass is 10.1. The van der Waals surface area contributed by atoms with E-state index in [0.29, 0.717) is 0 Å². The smallest absolute Gasteiger partial charge is 0.254 e. The van der Waals surface area contributed by atoms with E-state index in [4.69, 9.17) is 0 Å². The lowest BCUT2D eigenvalue weighted by Gasteiger charge is -2.39. The van der Waals surface area contributed by atoms with Crippen LogP contribution in [0.2, 0.25) is 0 Å². The third kappa shape index (κ3) is 30.3. The highest BCUT2D eigenvalue weighted by atomic mass is 35.5. The van der Waals surface area contributed by atoms with E-state index >= 15 is 0 Å². The van der Waals surface area contributed by atoms with Crippen molar-refractivity contribution >= 4 is 66.7 Å². The number of anilines is 4. The molecular formula is C56H112Cl2N6O8S4. The number of rotatable bonds is 32. The molecule has 0 heterocycles. The number of hydrogen-bond donors (Lipinski definition) is 4. The van der Waals surface area contributed by atoms with Crippen molar-refractivity contribution < 1.29 is 50.6 Å². The minimum absolute atomic E-state index is 0. The van der Waals surface area contributed by atoms with Crippen LogP contribution in [0.5, 0.6) is 0 Å². The molecule has 0 amide bonds. The average Bonchev–Trinajstić information content (AvgIpc) is 3.33. The average molecular weight is 1200 g/mol. The maximum atomic E-state index is 11.9. The van der Waals surface area contributed by atoms with E-state index in [1.807, 2.05) is 0 Å². The number of unbranched alkanes of at least 4 members (excludes halogenated alkanes) is 8. The Kier molecular flexibility index (Phi) is 42.4. The summed E-state index contributed by atoms with van der Waals surface area (Å²) in [5, 5.41) is 0. The molecule has 76 heavy (non-hydrogen) atoms. The van der Waals surface area contributed by atoms with Crippen LogP contribution in [0.1, 0.15) is 241 Å². The van der Waals surface area contributed by atoms with Crippen molar-refractivity contribution in [1.29, 1.82) is 0 Å². The van der Waals surface area contributed by atoms with E-state index in [-0.39, 0.29) is 47.6 Å². The monoisotopic (exact) mass is 1190 g/mol. The van der Waals surface area contributed by atoms with Crippen LogP contribution in [-0.4, -0.2) is 97.1 Å². The standard InChI is InChI=1S/2C16H36N.2C12H20N2O4S2.2ClH/c2*1-5-9-13-17(14-10-6-2,15-11-7-3)16-12-8-4;2*1-11(2,3)19(17)13-7-8(10(16)9(7)15)14-20(18)12(4,5)6;;/h2*5-16H2,1-4H3;2*13-14H,1-6H3;2*1H/q2*+1;;;;/p-2/t;;2*19-,20-;;/m..11../s1. The van der Waals surface area contributed by atoms with Crippen LogP contribution >= 0.6 is 0 Å². The van der Waals surface area contributed by atoms with Gasteiger partial charge in [0.05, 0.1) is 71.3 Å². The van der Waals surface area contributed by atoms with E-state index in [9.17, 15) is 36.0 Å². The molecule has 2 aromatic carbocycles. The van der Waals surface area contributed by atoms with Crippen LogP contribution in [0, 0.1) is 0 Å². The molecule has 2 aromatic rings. The van der Waals surface area contributed by atoms with Gasteiger partial charge in [0.15, 0.2) is 0 Å². The molecule has 0 fully saturated rings. The Balaban J connectivity index is -0.000000452. The highest BCUT2D eigenvalue weighted by Gasteiger charge is 2.32. The van der Waals surface area contributed by atoms with Crippen LogP contribution in [0.4, 0.5) is 22.7 Å². The molecule has 14 nitrogen and oxygen atoms in total. The molecule has 0 saturated carbocycles. The van der Waals surface area contributed by atoms with Crippen LogP contribution in [0.25, 0.3) is 0 Å². The zero-order chi connectivity index (χ0) is 57.7. The molecule has 0 radical (unpaired) electrons. The molecule has 0 aromatic heterocycles. The van der Waals surface area contributed by atoms with Crippen LogP contribution < -0.4 is 65.4 Å². The fraction of sp³-hybridized carbons (Fsp3) is 0.857. The first-order valence-corrected chi connectivity index (χ1v) is 32.9. The van der Waals surface area contributed by atoms with Gasteiger partial charge in [-0.1, -0.05) is 107 Å². The fourth-order valence-corrected chi connectivity index (χ4v) is 10.2. The number of nitrogens with one attached hydrogen (secondary N) is 4. The topological polar surface area (TPSA) is 185 Å². The van der Waals surface area contributed by atoms with Crippen molar-refractivity contribution in [2.24, 2.45) is 0 Å². The van der Waals surface area contributed by atoms with E-state index in [1.54, 1.807) is 83.1 Å². The van der Waals surface area contributed by atoms with Crippen molar-refractivity contribution in [2.75, 3.05) is 71.2 Å². The molecule has 20 heteroatoms. The summed E-state index contributed by atoms with van der Waals surface area (Å²) < 4.78 is 58.4. The molecule has 4 atom stereocenters. The maximum Gasteiger partial charge on any atom is 0.254 e. The first kappa shape index (κ1) is 80.9. The first-order valence-electron chi connectivity index (χ1n) is 28.3. The summed E-state index contributed by atoms with van der Waals surface area (Å²) in [6.07, 6.45) is 22.1. The largest absolute Gasteiger partial charge is 1.00 e. The van der Waals surface area contributed by atoms with E-state index in [0.717, 1.165) is 0 Å². The molecule has 0 aliphatic heterocycles. The molecule has 0 aliphatic rings. The highest BCUT2D eigenvalue weighted by molar-refractivity contribution is 7.88. The van der Waals surface area contributed by atoms with Gasteiger partial charge >= 0.3 is 0 Å². The van der Waals surface area contributed by atoms with Crippen molar-refractivity contribution in [2.45, 2.75) is 260 Å². The number of halogens is 2. The zero-order valence-corrected chi connectivity index (χ0v) is 56.3. The van der Waals surface area contributed by atoms with Gasteiger partial charge in [0.25, 0.3) is 21.7 Å². The van der Waals surface area contributed by atoms with Gasteiger partial charge in [0.1, 0.15) is 66.7 Å². The number of quaternary nitrogens is 2. The quantitative estimate of drug-likeness (QED) is 0.0502. The minimum Gasteiger partial charge on any atom is -1.00 e. The Bertz CT molecular complexity index is 1800. The van der Waals surface area contributed by atoms with Gasteiger partial charge in [-0.3, -0.25) is 38.1 Å². The van der Waals surface area contributed by atoms with E-state index in [1.165, 1.54) is 164 Å². The second-order valence-electron chi connectivity index (χ2n) is 24.0. The zero-order valence-electron chi connectivity index (χ0n) is 51.5. The van der Waals surface area contributed by atoms with Crippen LogP contribution in [-0.2, 0) is 43.9 Å². The molecule has 4 N–H and O–H groups in total. The highest BCUT2D eigenvalue weighted by Crippen LogP contribution is 2.25. The first-order chi connectivity index (χ1) is 34.2. The summed E-state index contributed by atoms with van der Waals surface area (Å²) in [4.78, 5) is 46.1. The third-order valence-electron chi connectivity index (χ3n) is 12.7. The molecule has 0 spiro atoms. The SMILES string of the molecule is CC(C)(C)[S@@](=O)Nc1c(N[S@](=O)C(C)(C)C)c(=O)c1=O.CC(C)(C)[S@@](=O)Nc1c(N[S@](=O)C(C)(C)C)c(=O)c1=O.CCCC[N+](CCCC)(CCCC)CCCC.CCCC[N+](CCCC)(CCCC)CCCC.[Cl-].[Cl-]. The van der Waals surface area contributed by atoms with Gasteiger partial charge in [-0.25, -0.2) is 16.8 Å². The number of nitrogens with zero attached hydrogens (tertiary/aromatic N) is 2. The summed E-state index contributed by atoms with van der Waals surface area (Å²) in [7, 11) is -6.11. The Morgan fingerprint density at radius 2 is 0.408 bits per heavy atom. The summed E-state index contributed by atoms with van der Waals surface area (Å²) in [5.74, 6) is 0. The number of hydrogen-bond acceptors (Lipinski definition) is 8. The predicted octanol–water partition coefficient (Wildman–Crippen LogP) is 6.08.